The lowest BCUT2D eigenvalue weighted by molar-refractivity contribution is -0.274. The summed E-state index contributed by atoms with van der Waals surface area (Å²) >= 11 is 1.16. The quantitative estimate of drug-likeness (QED) is 0.233. The van der Waals surface area contributed by atoms with Crippen molar-refractivity contribution in [3.8, 4) is 28.5 Å². The number of alkyl halides is 3. The number of urea groups is 1. The number of carbonyl (C=O) groups is 3. The molecule has 0 fully saturated rings. The molecule has 0 bridgehead atoms. The summed E-state index contributed by atoms with van der Waals surface area (Å²) in [5.41, 5.74) is 1.34. The topological polar surface area (TPSA) is 129 Å². The van der Waals surface area contributed by atoms with Crippen molar-refractivity contribution in [1.29, 1.82) is 0 Å². The maximum absolute atomic E-state index is 13.1. The van der Waals surface area contributed by atoms with Gasteiger partial charge in [-0.15, -0.1) is 24.5 Å². The molecule has 1 aromatic heterocycles. The highest BCUT2D eigenvalue weighted by Gasteiger charge is 2.31. The summed E-state index contributed by atoms with van der Waals surface area (Å²) in [7, 11) is 2.90. The minimum atomic E-state index is -4.83. The number of rotatable bonds is 12. The Morgan fingerprint density at radius 3 is 2.36 bits per heavy atom. The van der Waals surface area contributed by atoms with Crippen molar-refractivity contribution in [1.82, 2.24) is 15.2 Å². The fourth-order valence-corrected chi connectivity index (χ4v) is 4.61. The second kappa shape index (κ2) is 14.9. The number of carbonyl (C=O) groups excluding carboxylic acids is 3. The highest BCUT2D eigenvalue weighted by atomic mass is 32.1. The number of esters is 1. The molecule has 226 valence electrons. The smallest absolute Gasteiger partial charge is 0.497 e. The summed E-state index contributed by atoms with van der Waals surface area (Å²) in [5.74, 6) is -0.764. The Labute approximate surface area is 242 Å². The van der Waals surface area contributed by atoms with Gasteiger partial charge in [0.1, 0.15) is 23.8 Å². The number of hydrogen-bond donors (Lipinski definition) is 2. The number of aromatic nitrogens is 1. The molecule has 0 aliphatic carbocycles. The van der Waals surface area contributed by atoms with E-state index in [0.717, 1.165) is 11.3 Å². The maximum Gasteiger partial charge on any atom is 0.573 e. The Morgan fingerprint density at radius 2 is 1.71 bits per heavy atom. The number of nitrogens with zero attached hydrogens (tertiary/aromatic N) is 2. The molecule has 3 aromatic rings. The molecule has 3 amide bonds. The number of ether oxygens (including phenoxy) is 4. The fourth-order valence-electron chi connectivity index (χ4n) is 3.68. The summed E-state index contributed by atoms with van der Waals surface area (Å²) in [4.78, 5) is 41.1. The summed E-state index contributed by atoms with van der Waals surface area (Å²) < 4.78 is 58.7. The molecule has 15 heteroatoms. The van der Waals surface area contributed by atoms with Crippen LogP contribution in [-0.2, 0) is 16.1 Å². The molecule has 0 saturated heterocycles. The number of benzene rings is 2. The van der Waals surface area contributed by atoms with Gasteiger partial charge in [-0.3, -0.25) is 9.59 Å². The van der Waals surface area contributed by atoms with Crippen LogP contribution in [0.15, 0.2) is 52.8 Å². The monoisotopic (exact) mass is 610 g/mol. The van der Waals surface area contributed by atoms with Gasteiger partial charge in [0.05, 0.1) is 32.1 Å². The van der Waals surface area contributed by atoms with Crippen molar-refractivity contribution in [2.45, 2.75) is 26.3 Å². The van der Waals surface area contributed by atoms with Crippen molar-refractivity contribution in [2.75, 3.05) is 33.9 Å². The van der Waals surface area contributed by atoms with Crippen molar-refractivity contribution < 1.29 is 46.5 Å². The highest BCUT2D eigenvalue weighted by molar-refractivity contribution is 7.07. The van der Waals surface area contributed by atoms with E-state index in [2.05, 4.69) is 20.4 Å². The molecule has 11 nitrogen and oxygen atoms in total. The molecule has 3 rings (SSSR count). The Hall–Kier alpha value is -4.53. The first-order chi connectivity index (χ1) is 20.0. The molecule has 0 radical (unpaired) electrons. The fraction of sp³-hybridized carbons (Fsp3) is 0.333. The first-order valence-electron chi connectivity index (χ1n) is 12.6. The van der Waals surface area contributed by atoms with E-state index in [-0.39, 0.29) is 43.3 Å². The number of nitrogens with one attached hydrogen (secondary N) is 2. The second-order valence-electron chi connectivity index (χ2n) is 8.38. The molecule has 0 unspecified atom stereocenters. The van der Waals surface area contributed by atoms with E-state index in [0.29, 0.717) is 28.2 Å². The van der Waals surface area contributed by atoms with Gasteiger partial charge < -0.3 is 34.1 Å². The van der Waals surface area contributed by atoms with Crippen molar-refractivity contribution in [3.05, 3.63) is 58.2 Å². The lowest BCUT2D eigenvalue weighted by Crippen LogP contribution is -2.39. The van der Waals surface area contributed by atoms with Crippen LogP contribution in [-0.4, -0.2) is 62.8 Å². The standard InChI is InChI=1S/C27H29F3N4O7S/c1-4-40-23(35)15-32-25(37)31-12-5-13-34-21(17-6-8-18(9-7-17)41-27(28,29)30)16-42-26(34)33-24(36)20-11-10-19(38-2)14-22(20)39-3/h6-11,14,16H,4-5,12-13,15H2,1-3H3,(H2,31,32,37). The zero-order valence-electron chi connectivity index (χ0n) is 22.9. The largest absolute Gasteiger partial charge is 0.573 e. The first-order valence-corrected chi connectivity index (χ1v) is 13.5. The molecular weight excluding hydrogens is 581 g/mol. The summed E-state index contributed by atoms with van der Waals surface area (Å²) in [6.07, 6.45) is -4.44. The van der Waals surface area contributed by atoms with E-state index in [1.54, 1.807) is 29.0 Å². The lowest BCUT2D eigenvalue weighted by atomic mass is 10.1. The number of methoxy groups -OCH3 is 2. The van der Waals surface area contributed by atoms with Crippen LogP contribution in [0.4, 0.5) is 18.0 Å². The summed E-state index contributed by atoms with van der Waals surface area (Å²) in [6.45, 7) is 2.05. The van der Waals surface area contributed by atoms with Gasteiger partial charge in [0.15, 0.2) is 4.80 Å². The molecule has 0 saturated carbocycles. The van der Waals surface area contributed by atoms with Crippen molar-refractivity contribution in [3.63, 3.8) is 0 Å². The minimum absolute atomic E-state index is 0.196. The van der Waals surface area contributed by atoms with Crippen LogP contribution in [0.2, 0.25) is 0 Å². The third kappa shape index (κ3) is 9.26. The molecule has 2 N–H and O–H groups in total. The Balaban J connectivity index is 1.85. The van der Waals surface area contributed by atoms with Crippen LogP contribution < -0.4 is 29.6 Å². The summed E-state index contributed by atoms with van der Waals surface area (Å²) in [6, 6.07) is 9.40. The van der Waals surface area contributed by atoms with E-state index >= 15 is 0 Å². The van der Waals surface area contributed by atoms with Gasteiger partial charge in [-0.1, -0.05) is 0 Å². The third-order valence-corrected chi connectivity index (χ3v) is 6.42. The van der Waals surface area contributed by atoms with Gasteiger partial charge in [0.25, 0.3) is 5.91 Å². The van der Waals surface area contributed by atoms with E-state index in [9.17, 15) is 27.6 Å². The van der Waals surface area contributed by atoms with Gasteiger partial charge in [0.2, 0.25) is 0 Å². The highest BCUT2D eigenvalue weighted by Crippen LogP contribution is 2.28. The average Bonchev–Trinajstić information content (AvgIpc) is 3.35. The minimum Gasteiger partial charge on any atom is -0.497 e. The molecular formula is C27H29F3N4O7S. The van der Waals surface area contributed by atoms with Crippen LogP contribution >= 0.6 is 11.3 Å². The van der Waals surface area contributed by atoms with Gasteiger partial charge in [-0.25, -0.2) is 4.79 Å². The predicted octanol–water partition coefficient (Wildman–Crippen LogP) is 4.13. The lowest BCUT2D eigenvalue weighted by Gasteiger charge is -2.12. The van der Waals surface area contributed by atoms with E-state index in [1.807, 2.05) is 0 Å². The Kier molecular flexibility index (Phi) is 11.4. The number of hydrogen-bond acceptors (Lipinski definition) is 8. The second-order valence-corrected chi connectivity index (χ2v) is 9.22. The molecule has 2 aromatic carbocycles. The molecule has 42 heavy (non-hydrogen) atoms. The van der Waals surface area contributed by atoms with Crippen LogP contribution in [0.5, 0.6) is 17.2 Å². The van der Waals surface area contributed by atoms with Crippen molar-refractivity contribution >= 4 is 29.2 Å². The van der Waals surface area contributed by atoms with Gasteiger partial charge in [0, 0.05) is 24.5 Å². The van der Waals surface area contributed by atoms with Crippen LogP contribution in [0.3, 0.4) is 0 Å². The molecule has 0 aliphatic heterocycles. The molecule has 0 atom stereocenters. The zero-order chi connectivity index (χ0) is 30.7. The maximum atomic E-state index is 13.1. The average molecular weight is 611 g/mol. The first kappa shape index (κ1) is 32.0. The van der Waals surface area contributed by atoms with E-state index < -0.39 is 24.3 Å². The predicted molar refractivity (Wildman–Crippen MR) is 147 cm³/mol. The third-order valence-electron chi connectivity index (χ3n) is 5.56. The van der Waals surface area contributed by atoms with Crippen molar-refractivity contribution in [2.24, 2.45) is 4.99 Å². The Bertz CT molecular complexity index is 1450. The number of amides is 3. The molecule has 0 spiro atoms. The number of thiazole rings is 1. The number of halogens is 3. The van der Waals surface area contributed by atoms with Gasteiger partial charge >= 0.3 is 18.4 Å². The van der Waals surface area contributed by atoms with Gasteiger partial charge in [-0.05, 0) is 55.3 Å². The van der Waals surface area contributed by atoms with E-state index in [1.165, 1.54) is 44.6 Å². The van der Waals surface area contributed by atoms with E-state index in [4.69, 9.17) is 14.2 Å². The normalized spacial score (nSPS) is 11.5. The molecule has 0 aliphatic rings. The van der Waals surface area contributed by atoms with Crippen LogP contribution in [0.1, 0.15) is 23.7 Å². The molecule has 1 heterocycles. The summed E-state index contributed by atoms with van der Waals surface area (Å²) in [5, 5.41) is 6.73. The SMILES string of the molecule is CCOC(=O)CNC(=O)NCCCn1c(-c2ccc(OC(F)(F)F)cc2)csc1=NC(=O)c1ccc(OC)cc1OC. The Morgan fingerprint density at radius 1 is 1.00 bits per heavy atom. The van der Waals surface area contributed by atoms with Gasteiger partial charge in [-0.2, -0.15) is 4.99 Å². The van der Waals surface area contributed by atoms with Crippen LogP contribution in [0.25, 0.3) is 11.3 Å². The van der Waals surface area contributed by atoms with Crippen LogP contribution in [0, 0.1) is 0 Å². The zero-order valence-corrected chi connectivity index (χ0v) is 23.8.